The molecule has 0 saturated carbocycles. The second-order valence-corrected chi connectivity index (χ2v) is 3.41. The maximum absolute atomic E-state index is 4.31. The fourth-order valence-electron chi connectivity index (χ4n) is 0.900. The topological polar surface area (TPSA) is 24.4 Å². The monoisotopic (exact) mass is 156 g/mol. The second kappa shape index (κ2) is 4.37. The van der Waals surface area contributed by atoms with Gasteiger partial charge in [-0.05, 0) is 0 Å². The maximum atomic E-state index is 4.31. The van der Waals surface area contributed by atoms with Crippen LogP contribution in [-0.2, 0) is 0 Å². The lowest BCUT2D eigenvalue weighted by molar-refractivity contribution is 0.575. The Hall–Kier alpha value is -0.530. The number of aliphatic imine (C=N–C) groups is 1. The fraction of sp³-hybridized carbons (Fsp3) is 0.889. The summed E-state index contributed by atoms with van der Waals surface area (Å²) in [5, 5.41) is 3.25. The van der Waals surface area contributed by atoms with Gasteiger partial charge in [-0.25, -0.2) is 0 Å². The van der Waals surface area contributed by atoms with Crippen molar-refractivity contribution in [1.29, 1.82) is 0 Å². The van der Waals surface area contributed by atoms with Crippen LogP contribution in [0.4, 0.5) is 0 Å². The molecule has 0 aromatic carbocycles. The maximum Gasteiger partial charge on any atom is 0.102 e. The van der Waals surface area contributed by atoms with E-state index in [9.17, 15) is 0 Å². The van der Waals surface area contributed by atoms with Gasteiger partial charge < -0.3 is 5.32 Å². The van der Waals surface area contributed by atoms with Gasteiger partial charge in [0.05, 0.1) is 6.54 Å². The first-order valence-electron chi connectivity index (χ1n) is 4.39. The molecular formula is C9H20N2. The molecular weight excluding hydrogens is 136 g/mol. The Morgan fingerprint density at radius 1 is 1.27 bits per heavy atom. The summed E-state index contributed by atoms with van der Waals surface area (Å²) in [4.78, 5) is 4.31. The zero-order valence-corrected chi connectivity index (χ0v) is 8.36. The molecule has 1 N–H and O–H groups in total. The highest BCUT2D eigenvalue weighted by molar-refractivity contribution is 5.88. The molecule has 0 aromatic heterocycles. The number of rotatable bonds is 0. The van der Waals surface area contributed by atoms with Crippen molar-refractivity contribution in [2.45, 2.75) is 34.6 Å². The van der Waals surface area contributed by atoms with Crippen LogP contribution in [0.5, 0.6) is 0 Å². The molecule has 2 nitrogen and oxygen atoms in total. The summed E-state index contributed by atoms with van der Waals surface area (Å²) in [6.07, 6.45) is 0. The summed E-state index contributed by atoms with van der Waals surface area (Å²) in [5.74, 6) is 1.16. The van der Waals surface area contributed by atoms with E-state index in [1.165, 1.54) is 0 Å². The molecule has 11 heavy (non-hydrogen) atoms. The van der Waals surface area contributed by atoms with Crippen LogP contribution < -0.4 is 5.32 Å². The van der Waals surface area contributed by atoms with Gasteiger partial charge in [-0.15, -0.1) is 0 Å². The molecule has 0 radical (unpaired) electrons. The van der Waals surface area contributed by atoms with Crippen LogP contribution in [-0.4, -0.2) is 18.9 Å². The van der Waals surface area contributed by atoms with E-state index in [1.807, 2.05) is 13.8 Å². The zero-order valence-electron chi connectivity index (χ0n) is 8.36. The molecule has 0 aliphatic carbocycles. The summed E-state index contributed by atoms with van der Waals surface area (Å²) in [6.45, 7) is 12.5. The van der Waals surface area contributed by atoms with Crippen molar-refractivity contribution < 1.29 is 0 Å². The van der Waals surface area contributed by atoms with Crippen LogP contribution in [0.3, 0.4) is 0 Å². The van der Waals surface area contributed by atoms with E-state index in [1.54, 1.807) is 0 Å². The van der Waals surface area contributed by atoms with Gasteiger partial charge in [0.1, 0.15) is 5.84 Å². The number of nitrogens with zero attached hydrogens (tertiary/aromatic N) is 1. The average Bonchev–Trinajstić information content (AvgIpc) is 2.40. The van der Waals surface area contributed by atoms with Crippen LogP contribution in [0.1, 0.15) is 34.6 Å². The number of hydrogen-bond donors (Lipinski definition) is 1. The van der Waals surface area contributed by atoms with Crippen molar-refractivity contribution in [3.05, 3.63) is 0 Å². The normalized spacial score (nSPS) is 16.3. The van der Waals surface area contributed by atoms with Crippen LogP contribution in [0, 0.1) is 5.41 Å². The van der Waals surface area contributed by atoms with E-state index in [-0.39, 0.29) is 5.41 Å². The number of hydrogen-bond acceptors (Lipinski definition) is 2. The highest BCUT2D eigenvalue weighted by atomic mass is 15.1. The Morgan fingerprint density at radius 2 is 1.82 bits per heavy atom. The zero-order chi connectivity index (χ0) is 8.91. The van der Waals surface area contributed by atoms with Crippen LogP contribution in [0.15, 0.2) is 4.99 Å². The van der Waals surface area contributed by atoms with Crippen molar-refractivity contribution in [3.63, 3.8) is 0 Å². The standard InChI is InChI=1S/C7H14N2.C2H6/c1-7(2,3)6-8-4-5-9-6;1-2/h4-5H2,1-3H3,(H,8,9);1-2H3. The van der Waals surface area contributed by atoms with Gasteiger partial charge in [0, 0.05) is 12.0 Å². The quantitative estimate of drug-likeness (QED) is 0.570. The van der Waals surface area contributed by atoms with Crippen molar-refractivity contribution >= 4 is 5.84 Å². The Labute approximate surface area is 70.1 Å². The Bertz CT molecular complexity index is 131. The van der Waals surface area contributed by atoms with Gasteiger partial charge in [0.15, 0.2) is 0 Å². The predicted molar refractivity (Wildman–Crippen MR) is 51.1 cm³/mol. The van der Waals surface area contributed by atoms with Crippen LogP contribution >= 0.6 is 0 Å². The first-order chi connectivity index (χ1) is 5.11. The van der Waals surface area contributed by atoms with E-state index in [0.717, 1.165) is 18.9 Å². The van der Waals surface area contributed by atoms with Gasteiger partial charge >= 0.3 is 0 Å². The van der Waals surface area contributed by atoms with Crippen molar-refractivity contribution in [2.24, 2.45) is 10.4 Å². The lowest BCUT2D eigenvalue weighted by atomic mass is 9.95. The van der Waals surface area contributed by atoms with E-state index >= 15 is 0 Å². The van der Waals surface area contributed by atoms with E-state index in [4.69, 9.17) is 0 Å². The highest BCUT2D eigenvalue weighted by Crippen LogP contribution is 2.15. The molecule has 0 unspecified atom stereocenters. The third kappa shape index (κ3) is 3.40. The van der Waals surface area contributed by atoms with Gasteiger partial charge in [-0.2, -0.15) is 0 Å². The largest absolute Gasteiger partial charge is 0.372 e. The summed E-state index contributed by atoms with van der Waals surface area (Å²) < 4.78 is 0. The Morgan fingerprint density at radius 3 is 2.00 bits per heavy atom. The predicted octanol–water partition coefficient (Wildman–Crippen LogP) is 2.06. The highest BCUT2D eigenvalue weighted by Gasteiger charge is 2.20. The molecule has 0 saturated heterocycles. The summed E-state index contributed by atoms with van der Waals surface area (Å²) >= 11 is 0. The van der Waals surface area contributed by atoms with E-state index < -0.39 is 0 Å². The molecule has 1 aliphatic rings. The lowest BCUT2D eigenvalue weighted by Crippen LogP contribution is -2.31. The van der Waals surface area contributed by atoms with E-state index in [2.05, 4.69) is 31.1 Å². The van der Waals surface area contributed by atoms with E-state index in [0.29, 0.717) is 0 Å². The van der Waals surface area contributed by atoms with Crippen molar-refractivity contribution in [3.8, 4) is 0 Å². The third-order valence-electron chi connectivity index (χ3n) is 1.38. The Kier molecular flexibility index (Phi) is 4.16. The van der Waals surface area contributed by atoms with Crippen LogP contribution in [0.2, 0.25) is 0 Å². The lowest BCUT2D eigenvalue weighted by Gasteiger charge is -2.18. The van der Waals surface area contributed by atoms with Gasteiger partial charge in [-0.1, -0.05) is 34.6 Å². The minimum absolute atomic E-state index is 0.219. The molecule has 2 heteroatoms. The molecule has 0 aromatic rings. The first kappa shape index (κ1) is 10.5. The minimum Gasteiger partial charge on any atom is -0.372 e. The molecule has 0 atom stereocenters. The SMILES string of the molecule is CC.CC(C)(C)C1=NCCN1. The molecule has 0 spiro atoms. The second-order valence-electron chi connectivity index (χ2n) is 3.41. The molecule has 1 rings (SSSR count). The van der Waals surface area contributed by atoms with Crippen molar-refractivity contribution in [2.75, 3.05) is 13.1 Å². The molecule has 66 valence electrons. The van der Waals surface area contributed by atoms with Gasteiger partial charge in [-0.3, -0.25) is 4.99 Å². The molecule has 1 aliphatic heterocycles. The summed E-state index contributed by atoms with van der Waals surface area (Å²) in [7, 11) is 0. The summed E-state index contributed by atoms with van der Waals surface area (Å²) in [6, 6.07) is 0. The molecule has 0 bridgehead atoms. The molecule has 0 fully saturated rings. The fourth-order valence-corrected chi connectivity index (χ4v) is 0.900. The molecule has 1 heterocycles. The third-order valence-corrected chi connectivity index (χ3v) is 1.38. The van der Waals surface area contributed by atoms with Gasteiger partial charge in [0.2, 0.25) is 0 Å². The summed E-state index contributed by atoms with van der Waals surface area (Å²) in [5.41, 5.74) is 0.219. The van der Waals surface area contributed by atoms with Gasteiger partial charge in [0.25, 0.3) is 0 Å². The first-order valence-corrected chi connectivity index (χ1v) is 4.39. The molecule has 0 amide bonds. The average molecular weight is 156 g/mol. The number of nitrogens with one attached hydrogen (secondary N) is 1. The smallest absolute Gasteiger partial charge is 0.102 e. The Balaban J connectivity index is 0.000000461. The number of amidine groups is 1. The van der Waals surface area contributed by atoms with Crippen LogP contribution in [0.25, 0.3) is 0 Å². The van der Waals surface area contributed by atoms with Crippen molar-refractivity contribution in [1.82, 2.24) is 5.32 Å². The minimum atomic E-state index is 0.219.